The van der Waals surface area contributed by atoms with Crippen LogP contribution in [0.1, 0.15) is 141 Å². The average molecular weight is 748 g/mol. The molecule has 1 rings (SSSR count). The van der Waals surface area contributed by atoms with Crippen molar-refractivity contribution in [2.75, 3.05) is 19.7 Å². The van der Waals surface area contributed by atoms with Gasteiger partial charge in [-0.25, -0.2) is 29.0 Å². The minimum absolute atomic E-state index is 0.0467. The molecule has 1 aromatic carbocycles. The highest BCUT2D eigenvalue weighted by atomic mass is 16.6. The molecule has 14 heteroatoms. The zero-order valence-corrected chi connectivity index (χ0v) is 34.4. The van der Waals surface area contributed by atoms with E-state index in [9.17, 15) is 19.2 Å². The van der Waals surface area contributed by atoms with Crippen LogP contribution >= 0.6 is 0 Å². The fraction of sp³-hybridized carbons (Fsp3) is 0.692. The monoisotopic (exact) mass is 747 g/mol. The number of carbonyl (C=O) groups is 4. The van der Waals surface area contributed by atoms with Crippen LogP contribution in [0.25, 0.3) is 0 Å². The highest BCUT2D eigenvalue weighted by molar-refractivity contribution is 6.05. The Kier molecular flexibility index (Phi) is 18.3. The molecule has 0 atom stereocenters. The van der Waals surface area contributed by atoms with Crippen LogP contribution in [0.2, 0.25) is 0 Å². The number of alkyl carbamates (subject to hydrolysis) is 1. The van der Waals surface area contributed by atoms with Gasteiger partial charge in [-0.15, -0.1) is 4.99 Å². The zero-order valence-electron chi connectivity index (χ0n) is 34.4. The van der Waals surface area contributed by atoms with E-state index < -0.39 is 46.8 Å². The number of nitrogens with zero attached hydrogens (tertiary/aromatic N) is 3. The summed E-state index contributed by atoms with van der Waals surface area (Å²) in [7, 11) is 0. The third-order valence-electron chi connectivity index (χ3n) is 6.59. The van der Waals surface area contributed by atoms with E-state index in [0.29, 0.717) is 17.7 Å². The molecule has 53 heavy (non-hydrogen) atoms. The highest BCUT2D eigenvalue weighted by Gasteiger charge is 2.35. The number of guanidine groups is 1. The summed E-state index contributed by atoms with van der Waals surface area (Å²) in [6, 6.07) is 6.53. The number of hydrogen-bond donors (Lipinski definition) is 2. The number of amidine groups is 1. The minimum Gasteiger partial charge on any atom is -0.494 e. The number of amides is 4. The van der Waals surface area contributed by atoms with E-state index in [2.05, 4.69) is 17.2 Å². The first kappa shape index (κ1) is 46.7. The molecule has 0 aliphatic rings. The second-order valence-electron chi connectivity index (χ2n) is 16.7. The number of carbonyl (C=O) groups excluding carboxylic acids is 4. The first-order chi connectivity index (χ1) is 24.3. The molecule has 0 radical (unpaired) electrons. The van der Waals surface area contributed by atoms with Gasteiger partial charge in [-0.3, -0.25) is 10.7 Å². The lowest BCUT2D eigenvalue weighted by atomic mass is 10.1. The van der Waals surface area contributed by atoms with Gasteiger partial charge in [-0.05, 0) is 120 Å². The number of aliphatic imine (C=N–C) groups is 1. The molecule has 14 nitrogen and oxygen atoms in total. The van der Waals surface area contributed by atoms with Crippen molar-refractivity contribution in [3.8, 4) is 5.75 Å². The van der Waals surface area contributed by atoms with E-state index in [1.165, 1.54) is 4.90 Å². The Morgan fingerprint density at radius 3 is 1.57 bits per heavy atom. The molecular weight excluding hydrogens is 682 g/mol. The van der Waals surface area contributed by atoms with E-state index in [0.717, 1.165) is 37.0 Å². The molecule has 0 saturated heterocycles. The predicted octanol–water partition coefficient (Wildman–Crippen LogP) is 9.43. The molecule has 4 amide bonds. The summed E-state index contributed by atoms with van der Waals surface area (Å²) in [6.45, 7) is 22.9. The number of nitrogens with one attached hydrogen (secondary N) is 2. The van der Waals surface area contributed by atoms with Gasteiger partial charge >= 0.3 is 24.4 Å². The van der Waals surface area contributed by atoms with Crippen molar-refractivity contribution in [1.29, 1.82) is 5.41 Å². The summed E-state index contributed by atoms with van der Waals surface area (Å²) in [4.78, 5) is 59.5. The normalized spacial score (nSPS) is 12.4. The van der Waals surface area contributed by atoms with Gasteiger partial charge < -0.3 is 23.7 Å². The smallest absolute Gasteiger partial charge is 0.437 e. The maximum Gasteiger partial charge on any atom is 0.437 e. The quantitative estimate of drug-likeness (QED) is 0.0864. The number of rotatable bonds is 13. The molecule has 0 fully saturated rings. The van der Waals surface area contributed by atoms with Crippen molar-refractivity contribution in [1.82, 2.24) is 15.1 Å². The van der Waals surface area contributed by atoms with Gasteiger partial charge in [0, 0.05) is 18.7 Å². The summed E-state index contributed by atoms with van der Waals surface area (Å²) >= 11 is 0. The Morgan fingerprint density at radius 1 is 0.642 bits per heavy atom. The molecule has 0 unspecified atom stereocenters. The van der Waals surface area contributed by atoms with Gasteiger partial charge in [0.1, 0.15) is 34.0 Å². The molecule has 0 saturated carbocycles. The maximum atomic E-state index is 13.8. The lowest BCUT2D eigenvalue weighted by molar-refractivity contribution is 0.0269. The second kappa shape index (κ2) is 20.8. The van der Waals surface area contributed by atoms with E-state index in [1.807, 2.05) is 0 Å². The second-order valence-corrected chi connectivity index (χ2v) is 16.7. The topological polar surface area (TPSA) is 169 Å². The average Bonchev–Trinajstić information content (AvgIpc) is 2.96. The third kappa shape index (κ3) is 21.1. The Bertz CT molecular complexity index is 1380. The van der Waals surface area contributed by atoms with Crippen molar-refractivity contribution in [2.24, 2.45) is 4.99 Å². The lowest BCUT2D eigenvalue weighted by Crippen LogP contribution is -2.53. The van der Waals surface area contributed by atoms with Gasteiger partial charge in [0.2, 0.25) is 5.96 Å². The molecule has 0 aliphatic heterocycles. The van der Waals surface area contributed by atoms with Crippen molar-refractivity contribution in [3.05, 3.63) is 29.8 Å². The Balaban J connectivity index is 3.39. The van der Waals surface area contributed by atoms with Crippen LogP contribution in [0.5, 0.6) is 5.75 Å². The summed E-state index contributed by atoms with van der Waals surface area (Å²) < 4.78 is 28.1. The molecule has 1 aromatic rings. The Morgan fingerprint density at radius 2 is 1.09 bits per heavy atom. The lowest BCUT2D eigenvalue weighted by Gasteiger charge is -2.34. The fourth-order valence-corrected chi connectivity index (χ4v) is 4.47. The maximum absolute atomic E-state index is 13.8. The first-order valence-electron chi connectivity index (χ1n) is 18.4. The van der Waals surface area contributed by atoms with Crippen LogP contribution in [-0.4, -0.2) is 88.1 Å². The van der Waals surface area contributed by atoms with Crippen molar-refractivity contribution < 1.29 is 42.9 Å². The zero-order chi connectivity index (χ0) is 40.6. The van der Waals surface area contributed by atoms with Crippen LogP contribution < -0.4 is 10.1 Å². The summed E-state index contributed by atoms with van der Waals surface area (Å²) in [5.41, 5.74) is -2.95. The number of benzene rings is 1. The molecule has 0 aromatic heterocycles. The molecule has 0 aliphatic carbocycles. The number of ether oxygens (including phenoxy) is 5. The van der Waals surface area contributed by atoms with E-state index in [4.69, 9.17) is 29.1 Å². The largest absolute Gasteiger partial charge is 0.494 e. The van der Waals surface area contributed by atoms with Crippen LogP contribution in [0, 0.1) is 5.41 Å². The van der Waals surface area contributed by atoms with Crippen molar-refractivity contribution in [2.45, 2.75) is 157 Å². The SMILES string of the molecule is CCCCCCCCN(C(=O)OC(C)(C)C)C(=NC(=O)OC(C)(C)C)N(CCCOc1ccc(C(=N)NC(=O)OC(C)(C)C)cc1)C(=O)OC(C)(C)C. The minimum atomic E-state index is -0.986. The number of unbranched alkanes of at least 4 members (excludes halogenated alkanes) is 5. The molecule has 0 heterocycles. The standard InChI is InChI=1S/C39H65N5O9/c1-14-15-16-17-18-19-25-43(34(47)52-38(8,9)10)31(42-33(46)51-37(5,6)7)44(35(48)53-39(11,12)13)26-20-27-49-29-23-21-28(22-24-29)30(40)41-32(45)50-36(2,3)4/h21-24H,14-20,25-27H2,1-13H3,(H2,40,41,45). The Labute approximate surface area is 316 Å². The molecule has 0 spiro atoms. The molecule has 2 N–H and O–H groups in total. The van der Waals surface area contributed by atoms with Gasteiger partial charge in [0.25, 0.3) is 0 Å². The van der Waals surface area contributed by atoms with Gasteiger partial charge in [-0.1, -0.05) is 39.0 Å². The van der Waals surface area contributed by atoms with Crippen LogP contribution in [0.3, 0.4) is 0 Å². The molecule has 300 valence electrons. The van der Waals surface area contributed by atoms with Crippen LogP contribution in [0.4, 0.5) is 19.2 Å². The van der Waals surface area contributed by atoms with Crippen LogP contribution in [0.15, 0.2) is 29.3 Å². The number of hydrogen-bond acceptors (Lipinski definition) is 10. The summed E-state index contributed by atoms with van der Waals surface area (Å²) in [5.74, 6) is 0.0755. The van der Waals surface area contributed by atoms with E-state index in [1.54, 1.807) is 107 Å². The Hall–Kier alpha value is -4.36. The van der Waals surface area contributed by atoms with Gasteiger partial charge in [-0.2, -0.15) is 0 Å². The predicted molar refractivity (Wildman–Crippen MR) is 206 cm³/mol. The fourth-order valence-electron chi connectivity index (χ4n) is 4.47. The first-order valence-corrected chi connectivity index (χ1v) is 18.4. The third-order valence-corrected chi connectivity index (χ3v) is 6.59. The summed E-state index contributed by atoms with van der Waals surface area (Å²) in [6.07, 6.45) is 2.53. The molecule has 0 bridgehead atoms. The van der Waals surface area contributed by atoms with E-state index >= 15 is 0 Å². The van der Waals surface area contributed by atoms with Crippen LogP contribution in [-0.2, 0) is 18.9 Å². The van der Waals surface area contributed by atoms with Crippen molar-refractivity contribution >= 4 is 36.2 Å². The van der Waals surface area contributed by atoms with Gasteiger partial charge in [0.15, 0.2) is 0 Å². The highest BCUT2D eigenvalue weighted by Crippen LogP contribution is 2.19. The van der Waals surface area contributed by atoms with E-state index in [-0.39, 0.29) is 37.9 Å². The molecular formula is C39H65N5O9. The van der Waals surface area contributed by atoms with Crippen molar-refractivity contribution in [3.63, 3.8) is 0 Å². The summed E-state index contributed by atoms with van der Waals surface area (Å²) in [5, 5.41) is 10.6. The van der Waals surface area contributed by atoms with Gasteiger partial charge in [0.05, 0.1) is 6.61 Å².